The molecule has 2 saturated heterocycles. The van der Waals surface area contributed by atoms with E-state index in [1.807, 2.05) is 0 Å². The highest BCUT2D eigenvalue weighted by atomic mass is 32.2. The fraction of sp³-hybridized carbons (Fsp3) is 0.556. The molecule has 11 heteroatoms. The standard InChI is InChI=1S/C18H24FN3O6S/c19-14-3-1-2-13(10-14)12-4-8-22(9-5-12)29(27,28)15-6-7-21(17(20)25)11-18(15,26)16(23)24/h1-3,10,12,15,26H,4-9,11H2,(H2,20,25)(H,23,24). The molecule has 2 fully saturated rings. The number of β-amino-alcohol motifs (C(OH)–C–C–N with tert-alkyl or cyclic N) is 1. The van der Waals surface area contributed by atoms with E-state index >= 15 is 0 Å². The molecule has 0 spiro atoms. The SMILES string of the molecule is NC(=O)N1CCC(S(=O)(=O)N2CCC(c3cccc(F)c3)CC2)C(O)(C(=O)O)C1. The first-order valence-corrected chi connectivity index (χ1v) is 10.8. The predicted octanol–water partition coefficient (Wildman–Crippen LogP) is 0.304. The van der Waals surface area contributed by atoms with Gasteiger partial charge in [-0.1, -0.05) is 12.1 Å². The molecule has 2 heterocycles. The van der Waals surface area contributed by atoms with E-state index in [4.69, 9.17) is 5.73 Å². The van der Waals surface area contributed by atoms with Gasteiger partial charge in [-0.25, -0.2) is 26.7 Å². The molecule has 9 nitrogen and oxygen atoms in total. The molecule has 2 unspecified atom stereocenters. The summed E-state index contributed by atoms with van der Waals surface area (Å²) >= 11 is 0. The Labute approximate surface area is 167 Å². The molecule has 29 heavy (non-hydrogen) atoms. The molecule has 0 radical (unpaired) electrons. The zero-order chi connectivity index (χ0) is 21.4. The summed E-state index contributed by atoms with van der Waals surface area (Å²) in [6, 6.07) is 5.25. The first-order valence-electron chi connectivity index (χ1n) is 9.30. The third kappa shape index (κ3) is 4.07. The van der Waals surface area contributed by atoms with Gasteiger partial charge in [0.2, 0.25) is 10.0 Å². The van der Waals surface area contributed by atoms with Crippen molar-refractivity contribution in [3.63, 3.8) is 0 Å². The van der Waals surface area contributed by atoms with Crippen LogP contribution in [0.2, 0.25) is 0 Å². The number of hydrogen-bond donors (Lipinski definition) is 3. The van der Waals surface area contributed by atoms with Crippen molar-refractivity contribution in [1.82, 2.24) is 9.21 Å². The summed E-state index contributed by atoms with van der Waals surface area (Å²) in [4.78, 5) is 24.0. The molecule has 3 rings (SSSR count). The van der Waals surface area contributed by atoms with Crippen LogP contribution >= 0.6 is 0 Å². The highest BCUT2D eigenvalue weighted by molar-refractivity contribution is 7.89. The number of nitrogens with zero attached hydrogens (tertiary/aromatic N) is 2. The number of sulfonamides is 1. The summed E-state index contributed by atoms with van der Waals surface area (Å²) in [5, 5.41) is 18.6. The number of primary amides is 1. The number of carboxylic acids is 1. The minimum atomic E-state index is -4.15. The number of nitrogens with two attached hydrogens (primary N) is 1. The molecule has 0 aliphatic carbocycles. The zero-order valence-electron chi connectivity index (χ0n) is 15.7. The van der Waals surface area contributed by atoms with Crippen molar-refractivity contribution in [3.05, 3.63) is 35.6 Å². The second-order valence-electron chi connectivity index (χ2n) is 7.54. The molecule has 2 atom stereocenters. The van der Waals surface area contributed by atoms with Gasteiger partial charge in [0.15, 0.2) is 5.60 Å². The maximum Gasteiger partial charge on any atom is 0.339 e. The van der Waals surface area contributed by atoms with Gasteiger partial charge in [0, 0.05) is 19.6 Å². The fourth-order valence-electron chi connectivity index (χ4n) is 4.16. The number of rotatable bonds is 4. The zero-order valence-corrected chi connectivity index (χ0v) is 16.5. The number of carbonyl (C=O) groups excluding carboxylic acids is 1. The van der Waals surface area contributed by atoms with Gasteiger partial charge in [-0.15, -0.1) is 0 Å². The van der Waals surface area contributed by atoms with E-state index in [1.165, 1.54) is 16.4 Å². The lowest BCUT2D eigenvalue weighted by Gasteiger charge is -2.43. The normalized spacial score (nSPS) is 27.0. The van der Waals surface area contributed by atoms with Crippen LogP contribution in [0, 0.1) is 5.82 Å². The van der Waals surface area contributed by atoms with Gasteiger partial charge in [-0.05, 0) is 42.9 Å². The Morgan fingerprint density at radius 3 is 2.38 bits per heavy atom. The van der Waals surface area contributed by atoms with Crippen LogP contribution in [-0.4, -0.2) is 76.9 Å². The van der Waals surface area contributed by atoms with E-state index in [9.17, 15) is 32.6 Å². The summed E-state index contributed by atoms with van der Waals surface area (Å²) in [5.74, 6) is -2.08. The lowest BCUT2D eigenvalue weighted by Crippen LogP contribution is -2.66. The molecule has 1 aromatic carbocycles. The molecule has 0 saturated carbocycles. The predicted molar refractivity (Wildman–Crippen MR) is 101 cm³/mol. The van der Waals surface area contributed by atoms with Crippen LogP contribution in [0.15, 0.2) is 24.3 Å². The number of benzene rings is 1. The van der Waals surface area contributed by atoms with Gasteiger partial charge in [-0.2, -0.15) is 0 Å². The van der Waals surface area contributed by atoms with E-state index in [-0.39, 0.29) is 37.8 Å². The Hall–Kier alpha value is -2.24. The third-order valence-electron chi connectivity index (χ3n) is 5.80. The van der Waals surface area contributed by atoms with E-state index in [1.54, 1.807) is 12.1 Å². The lowest BCUT2D eigenvalue weighted by atomic mass is 9.90. The van der Waals surface area contributed by atoms with Gasteiger partial charge in [0.05, 0.1) is 6.54 Å². The van der Waals surface area contributed by atoms with E-state index in [0.29, 0.717) is 12.8 Å². The molecule has 4 N–H and O–H groups in total. The number of halogens is 1. The highest BCUT2D eigenvalue weighted by Crippen LogP contribution is 2.34. The number of hydrogen-bond acceptors (Lipinski definition) is 5. The molecular weight excluding hydrogens is 405 g/mol. The van der Waals surface area contributed by atoms with Crippen molar-refractivity contribution < 1.29 is 32.6 Å². The molecule has 2 aliphatic heterocycles. The van der Waals surface area contributed by atoms with Crippen LogP contribution in [0.25, 0.3) is 0 Å². The quantitative estimate of drug-likeness (QED) is 0.629. The summed E-state index contributed by atoms with van der Waals surface area (Å²) in [5.41, 5.74) is 3.31. The summed E-state index contributed by atoms with van der Waals surface area (Å²) in [7, 11) is -4.15. The maximum absolute atomic E-state index is 13.5. The largest absolute Gasteiger partial charge is 0.479 e. The molecule has 1 aromatic rings. The van der Waals surface area contributed by atoms with Crippen LogP contribution in [0.3, 0.4) is 0 Å². The number of carboxylic acid groups (broad SMARTS) is 1. The Morgan fingerprint density at radius 2 is 1.83 bits per heavy atom. The van der Waals surface area contributed by atoms with Crippen LogP contribution in [0.1, 0.15) is 30.7 Å². The van der Waals surface area contributed by atoms with E-state index < -0.39 is 39.4 Å². The number of carbonyl (C=O) groups is 2. The summed E-state index contributed by atoms with van der Waals surface area (Å²) < 4.78 is 40.9. The molecular formula is C18H24FN3O6S. The van der Waals surface area contributed by atoms with Crippen LogP contribution in [0.4, 0.5) is 9.18 Å². The van der Waals surface area contributed by atoms with Crippen LogP contribution in [-0.2, 0) is 14.8 Å². The van der Waals surface area contributed by atoms with E-state index in [2.05, 4.69) is 0 Å². The monoisotopic (exact) mass is 429 g/mol. The van der Waals surface area contributed by atoms with Crippen molar-refractivity contribution >= 4 is 22.0 Å². The number of aliphatic hydroxyl groups is 1. The van der Waals surface area contributed by atoms with Gasteiger partial charge in [0.25, 0.3) is 0 Å². The van der Waals surface area contributed by atoms with Crippen molar-refractivity contribution in [1.29, 1.82) is 0 Å². The molecule has 0 aromatic heterocycles. The number of amides is 2. The van der Waals surface area contributed by atoms with Gasteiger partial charge in [0.1, 0.15) is 11.1 Å². The number of likely N-dealkylation sites (tertiary alicyclic amines) is 1. The maximum atomic E-state index is 13.5. The number of aliphatic carboxylic acids is 1. The Bertz CT molecular complexity index is 903. The van der Waals surface area contributed by atoms with Gasteiger partial charge >= 0.3 is 12.0 Å². The van der Waals surface area contributed by atoms with Crippen LogP contribution in [0.5, 0.6) is 0 Å². The fourth-order valence-corrected chi connectivity index (χ4v) is 6.31. The minimum absolute atomic E-state index is 0.00721. The highest BCUT2D eigenvalue weighted by Gasteiger charge is 2.56. The van der Waals surface area contributed by atoms with Gasteiger partial charge < -0.3 is 20.8 Å². The number of piperidine rings is 2. The molecule has 0 bridgehead atoms. The molecule has 2 aliphatic rings. The second-order valence-corrected chi connectivity index (χ2v) is 9.66. The number of urea groups is 1. The molecule has 160 valence electrons. The van der Waals surface area contributed by atoms with Crippen molar-refractivity contribution in [3.8, 4) is 0 Å². The van der Waals surface area contributed by atoms with Crippen molar-refractivity contribution in [2.75, 3.05) is 26.2 Å². The Morgan fingerprint density at radius 1 is 1.17 bits per heavy atom. The third-order valence-corrected chi connectivity index (χ3v) is 8.23. The lowest BCUT2D eigenvalue weighted by molar-refractivity contribution is -0.162. The summed E-state index contributed by atoms with van der Waals surface area (Å²) in [6.45, 7) is -0.486. The Kier molecular flexibility index (Phi) is 5.84. The van der Waals surface area contributed by atoms with Crippen molar-refractivity contribution in [2.24, 2.45) is 5.73 Å². The first-order chi connectivity index (χ1) is 13.6. The van der Waals surface area contributed by atoms with Crippen LogP contribution < -0.4 is 5.73 Å². The Balaban J connectivity index is 1.76. The first kappa shape index (κ1) is 21.5. The van der Waals surface area contributed by atoms with E-state index in [0.717, 1.165) is 10.5 Å². The van der Waals surface area contributed by atoms with Gasteiger partial charge in [-0.3, -0.25) is 0 Å². The minimum Gasteiger partial charge on any atom is -0.479 e. The summed E-state index contributed by atoms with van der Waals surface area (Å²) in [6.07, 6.45) is 0.667. The average molecular weight is 429 g/mol. The molecule has 2 amide bonds. The topological polar surface area (TPSA) is 141 Å². The average Bonchev–Trinajstić information content (AvgIpc) is 2.67. The second kappa shape index (κ2) is 7.88. The van der Waals surface area contributed by atoms with Crippen molar-refractivity contribution in [2.45, 2.75) is 36.0 Å². The smallest absolute Gasteiger partial charge is 0.339 e.